The van der Waals surface area contributed by atoms with E-state index in [9.17, 15) is 0 Å². The molecule has 0 N–H and O–H groups in total. The number of rotatable bonds is 4. The molecule has 0 aliphatic heterocycles. The van der Waals surface area contributed by atoms with Crippen molar-refractivity contribution >= 4 is 14.1 Å². The Morgan fingerprint density at radius 3 is 2.27 bits per heavy atom. The molecule has 0 saturated heterocycles. The predicted molar refractivity (Wildman–Crippen MR) is 72.8 cm³/mol. The first-order chi connectivity index (χ1) is 7.01. The van der Waals surface area contributed by atoms with Gasteiger partial charge in [-0.05, 0) is 11.6 Å². The summed E-state index contributed by atoms with van der Waals surface area (Å²) >= 11 is 0. The largest absolute Gasteiger partial charge is 0.0988 e. The van der Waals surface area contributed by atoms with E-state index in [0.717, 1.165) is 0 Å². The van der Waals surface area contributed by atoms with E-state index >= 15 is 0 Å². The summed E-state index contributed by atoms with van der Waals surface area (Å²) in [4.78, 5) is 0. The van der Waals surface area contributed by atoms with Gasteiger partial charge in [-0.2, -0.15) is 0 Å². The standard InChI is InChI=1S/C14H20Si/c1-5-13(12-15(2,3)4)11-14-9-7-6-8-10-14/h5-11H,1,12H2,2-4H3/b13-11-. The topological polar surface area (TPSA) is 0 Å². The molecule has 1 aromatic carbocycles. The Kier molecular flexibility index (Phi) is 4.10. The van der Waals surface area contributed by atoms with Gasteiger partial charge in [-0.1, -0.05) is 74.3 Å². The molecule has 0 bridgehead atoms. The lowest BCUT2D eigenvalue weighted by molar-refractivity contribution is 1.42. The summed E-state index contributed by atoms with van der Waals surface area (Å²) in [5, 5.41) is 0. The van der Waals surface area contributed by atoms with Gasteiger partial charge in [0.2, 0.25) is 0 Å². The van der Waals surface area contributed by atoms with Gasteiger partial charge in [-0.25, -0.2) is 0 Å². The second kappa shape index (κ2) is 5.13. The summed E-state index contributed by atoms with van der Waals surface area (Å²) in [6.07, 6.45) is 4.23. The number of hydrogen-bond donors (Lipinski definition) is 0. The van der Waals surface area contributed by atoms with Gasteiger partial charge < -0.3 is 0 Å². The molecule has 1 rings (SSSR count). The monoisotopic (exact) mass is 216 g/mol. The Morgan fingerprint density at radius 1 is 1.20 bits per heavy atom. The molecule has 1 heteroatoms. The van der Waals surface area contributed by atoms with Crippen molar-refractivity contribution in [1.29, 1.82) is 0 Å². The number of hydrogen-bond acceptors (Lipinski definition) is 0. The van der Waals surface area contributed by atoms with Crippen LogP contribution in [0.25, 0.3) is 6.08 Å². The van der Waals surface area contributed by atoms with Crippen LogP contribution in [-0.4, -0.2) is 8.07 Å². The van der Waals surface area contributed by atoms with E-state index in [1.807, 2.05) is 12.1 Å². The molecule has 0 atom stereocenters. The molecular formula is C14H20Si. The van der Waals surface area contributed by atoms with Crippen LogP contribution >= 0.6 is 0 Å². The third-order valence-electron chi connectivity index (χ3n) is 2.15. The number of allylic oxidation sites excluding steroid dienone is 2. The van der Waals surface area contributed by atoms with Crippen LogP contribution in [0.1, 0.15) is 5.56 Å². The van der Waals surface area contributed by atoms with Gasteiger partial charge in [0.05, 0.1) is 0 Å². The highest BCUT2D eigenvalue weighted by Gasteiger charge is 2.13. The minimum absolute atomic E-state index is 1.03. The van der Waals surface area contributed by atoms with Crippen molar-refractivity contribution in [3.05, 3.63) is 54.1 Å². The van der Waals surface area contributed by atoms with Crippen LogP contribution in [0, 0.1) is 0 Å². The molecule has 1 aromatic rings. The Hall–Kier alpha value is -1.08. The predicted octanol–water partition coefficient (Wildman–Crippen LogP) is 4.59. The lowest BCUT2D eigenvalue weighted by Crippen LogP contribution is -2.19. The van der Waals surface area contributed by atoms with Crippen LogP contribution in [0.4, 0.5) is 0 Å². The molecule has 0 aliphatic carbocycles. The van der Waals surface area contributed by atoms with Crippen molar-refractivity contribution in [3.8, 4) is 0 Å². The second-order valence-electron chi connectivity index (χ2n) is 5.07. The fourth-order valence-electron chi connectivity index (χ4n) is 1.56. The molecule has 0 amide bonds. The van der Waals surface area contributed by atoms with Gasteiger partial charge in [-0.3, -0.25) is 0 Å². The first kappa shape index (κ1) is 12.0. The van der Waals surface area contributed by atoms with Crippen LogP contribution in [-0.2, 0) is 0 Å². The Balaban J connectivity index is 2.84. The van der Waals surface area contributed by atoms with E-state index in [1.54, 1.807) is 0 Å². The summed E-state index contributed by atoms with van der Waals surface area (Å²) in [5.74, 6) is 0. The maximum absolute atomic E-state index is 3.90. The van der Waals surface area contributed by atoms with E-state index in [0.29, 0.717) is 0 Å². The average Bonchev–Trinajstić information content (AvgIpc) is 2.16. The van der Waals surface area contributed by atoms with Crippen LogP contribution in [0.15, 0.2) is 48.6 Å². The molecule has 80 valence electrons. The highest BCUT2D eigenvalue weighted by Crippen LogP contribution is 2.19. The van der Waals surface area contributed by atoms with E-state index in [4.69, 9.17) is 0 Å². The van der Waals surface area contributed by atoms with Gasteiger partial charge in [0.1, 0.15) is 0 Å². The van der Waals surface area contributed by atoms with Gasteiger partial charge in [-0.15, -0.1) is 0 Å². The van der Waals surface area contributed by atoms with Crippen molar-refractivity contribution in [2.45, 2.75) is 25.7 Å². The summed E-state index contributed by atoms with van der Waals surface area (Å²) in [7, 11) is -1.03. The maximum Gasteiger partial charge on any atom is 0.0487 e. The first-order valence-electron chi connectivity index (χ1n) is 5.39. The second-order valence-corrected chi connectivity index (χ2v) is 10.5. The smallest absolute Gasteiger partial charge is 0.0487 e. The molecular weight excluding hydrogens is 196 g/mol. The van der Waals surface area contributed by atoms with Crippen molar-refractivity contribution in [3.63, 3.8) is 0 Å². The zero-order valence-corrected chi connectivity index (χ0v) is 11.0. The zero-order valence-electron chi connectivity index (χ0n) is 9.96. The minimum Gasteiger partial charge on any atom is -0.0988 e. The molecule has 0 aliphatic rings. The Bertz CT molecular complexity index is 341. The number of benzene rings is 1. The normalized spacial score (nSPS) is 12.6. The quantitative estimate of drug-likeness (QED) is 0.510. The van der Waals surface area contributed by atoms with Crippen LogP contribution < -0.4 is 0 Å². The summed E-state index contributed by atoms with van der Waals surface area (Å²) in [6.45, 7) is 11.0. The molecule has 0 spiro atoms. The Labute approximate surface area is 94.4 Å². The highest BCUT2D eigenvalue weighted by molar-refractivity contribution is 6.76. The SMILES string of the molecule is C=C/C(=C/c1ccccc1)C[Si](C)(C)C. The maximum atomic E-state index is 3.90. The fraction of sp³-hybridized carbons (Fsp3) is 0.286. The van der Waals surface area contributed by atoms with Crippen molar-refractivity contribution in [2.24, 2.45) is 0 Å². The molecule has 0 radical (unpaired) electrons. The molecule has 0 aromatic heterocycles. The summed E-state index contributed by atoms with van der Waals surface area (Å²) in [6, 6.07) is 11.7. The van der Waals surface area contributed by atoms with Crippen molar-refractivity contribution < 1.29 is 0 Å². The minimum atomic E-state index is -1.03. The molecule has 0 heterocycles. The van der Waals surface area contributed by atoms with Gasteiger partial charge in [0.25, 0.3) is 0 Å². The lowest BCUT2D eigenvalue weighted by atomic mass is 10.1. The van der Waals surface area contributed by atoms with E-state index in [2.05, 4.69) is 56.6 Å². The van der Waals surface area contributed by atoms with Crippen molar-refractivity contribution in [1.82, 2.24) is 0 Å². The van der Waals surface area contributed by atoms with Crippen LogP contribution in [0.2, 0.25) is 25.7 Å². The summed E-state index contributed by atoms with van der Waals surface area (Å²) < 4.78 is 0. The highest BCUT2D eigenvalue weighted by atomic mass is 28.3. The lowest BCUT2D eigenvalue weighted by Gasteiger charge is -2.16. The third kappa shape index (κ3) is 4.80. The molecule has 0 fully saturated rings. The van der Waals surface area contributed by atoms with Gasteiger partial charge >= 0.3 is 0 Å². The van der Waals surface area contributed by atoms with Gasteiger partial charge in [0.15, 0.2) is 0 Å². The third-order valence-corrected chi connectivity index (χ3v) is 3.62. The molecule has 0 unspecified atom stereocenters. The molecule has 0 nitrogen and oxygen atoms in total. The van der Waals surface area contributed by atoms with Crippen molar-refractivity contribution in [2.75, 3.05) is 0 Å². The fourth-order valence-corrected chi connectivity index (χ4v) is 3.03. The van der Waals surface area contributed by atoms with Crippen LogP contribution in [0.5, 0.6) is 0 Å². The van der Waals surface area contributed by atoms with E-state index in [-0.39, 0.29) is 0 Å². The molecule has 0 saturated carbocycles. The van der Waals surface area contributed by atoms with Gasteiger partial charge in [0, 0.05) is 8.07 Å². The summed E-state index contributed by atoms with van der Waals surface area (Å²) in [5.41, 5.74) is 2.63. The average molecular weight is 216 g/mol. The van der Waals surface area contributed by atoms with E-state index < -0.39 is 8.07 Å². The Morgan fingerprint density at radius 2 is 1.80 bits per heavy atom. The zero-order chi connectivity index (χ0) is 11.3. The van der Waals surface area contributed by atoms with E-state index in [1.165, 1.54) is 17.2 Å². The molecule has 15 heavy (non-hydrogen) atoms. The van der Waals surface area contributed by atoms with Crippen LogP contribution in [0.3, 0.4) is 0 Å². The first-order valence-corrected chi connectivity index (χ1v) is 9.10.